The van der Waals surface area contributed by atoms with Crippen molar-refractivity contribution in [1.82, 2.24) is 19.9 Å². The molecule has 0 saturated carbocycles. The highest BCUT2D eigenvalue weighted by atomic mass is 35.5. The predicted molar refractivity (Wildman–Crippen MR) is 122 cm³/mol. The van der Waals surface area contributed by atoms with Crippen LogP contribution in [0.5, 0.6) is 5.75 Å². The number of fused-ring (bicyclic) bond motifs is 1. The van der Waals surface area contributed by atoms with Gasteiger partial charge in [-0.1, -0.05) is 28.9 Å². The Kier molecular flexibility index (Phi) is 6.62. The van der Waals surface area contributed by atoms with E-state index in [1.54, 1.807) is 31.3 Å². The SMILES string of the molecule is CCOC(=O)C(O)Cn1ncc2c(-c3noc(-c4ccc(OC(C)C)c(Cl)c4)n3)cccc21. The van der Waals surface area contributed by atoms with Crippen LogP contribution in [-0.2, 0) is 16.1 Å². The zero-order valence-electron chi connectivity index (χ0n) is 18.4. The lowest BCUT2D eigenvalue weighted by Gasteiger charge is -2.11. The summed E-state index contributed by atoms with van der Waals surface area (Å²) in [5.41, 5.74) is 2.07. The van der Waals surface area contributed by atoms with Crippen molar-refractivity contribution >= 4 is 28.5 Å². The second-order valence-corrected chi connectivity index (χ2v) is 7.98. The number of halogens is 1. The minimum Gasteiger partial charge on any atom is -0.489 e. The van der Waals surface area contributed by atoms with E-state index in [9.17, 15) is 9.90 Å². The maximum Gasteiger partial charge on any atom is 0.336 e. The van der Waals surface area contributed by atoms with Gasteiger partial charge < -0.3 is 19.1 Å². The number of hydrogen-bond acceptors (Lipinski definition) is 8. The van der Waals surface area contributed by atoms with Gasteiger partial charge in [0.25, 0.3) is 5.89 Å². The van der Waals surface area contributed by atoms with E-state index < -0.39 is 12.1 Å². The van der Waals surface area contributed by atoms with Crippen molar-refractivity contribution in [3.05, 3.63) is 47.6 Å². The molecule has 2 heterocycles. The van der Waals surface area contributed by atoms with Gasteiger partial charge in [-0.3, -0.25) is 4.68 Å². The van der Waals surface area contributed by atoms with E-state index in [4.69, 9.17) is 25.6 Å². The zero-order chi connectivity index (χ0) is 23.5. The van der Waals surface area contributed by atoms with E-state index in [2.05, 4.69) is 15.2 Å². The summed E-state index contributed by atoms with van der Waals surface area (Å²) >= 11 is 6.33. The van der Waals surface area contributed by atoms with E-state index in [1.165, 1.54) is 4.68 Å². The Hall–Kier alpha value is -3.43. The first-order chi connectivity index (χ1) is 15.9. The van der Waals surface area contributed by atoms with Crippen molar-refractivity contribution in [3.63, 3.8) is 0 Å². The van der Waals surface area contributed by atoms with Crippen LogP contribution in [-0.4, -0.2) is 49.8 Å². The summed E-state index contributed by atoms with van der Waals surface area (Å²) in [6.07, 6.45) is 0.317. The highest BCUT2D eigenvalue weighted by Crippen LogP contribution is 2.32. The van der Waals surface area contributed by atoms with Crippen molar-refractivity contribution in [2.75, 3.05) is 6.61 Å². The molecular weight excluding hydrogens is 448 g/mol. The summed E-state index contributed by atoms with van der Waals surface area (Å²) in [6.45, 7) is 5.69. The van der Waals surface area contributed by atoms with Gasteiger partial charge in [-0.2, -0.15) is 10.1 Å². The van der Waals surface area contributed by atoms with Gasteiger partial charge in [0, 0.05) is 16.5 Å². The lowest BCUT2D eigenvalue weighted by atomic mass is 10.1. The fourth-order valence-electron chi connectivity index (χ4n) is 3.35. The minimum atomic E-state index is -1.32. The molecule has 4 rings (SSSR count). The van der Waals surface area contributed by atoms with Crippen molar-refractivity contribution in [3.8, 4) is 28.6 Å². The number of benzene rings is 2. The van der Waals surface area contributed by atoms with Crippen LogP contribution in [0, 0.1) is 0 Å². The van der Waals surface area contributed by atoms with Crippen LogP contribution < -0.4 is 4.74 Å². The second-order valence-electron chi connectivity index (χ2n) is 7.57. The van der Waals surface area contributed by atoms with Crippen molar-refractivity contribution < 1.29 is 23.9 Å². The van der Waals surface area contributed by atoms with Crippen LogP contribution in [0.25, 0.3) is 33.7 Å². The summed E-state index contributed by atoms with van der Waals surface area (Å²) in [5.74, 6) is 0.575. The molecule has 2 aromatic carbocycles. The molecule has 172 valence electrons. The molecule has 1 atom stereocenters. The number of ether oxygens (including phenoxy) is 2. The number of aromatic nitrogens is 4. The van der Waals surface area contributed by atoms with Crippen LogP contribution in [0.3, 0.4) is 0 Å². The van der Waals surface area contributed by atoms with E-state index in [0.29, 0.717) is 39.1 Å². The van der Waals surface area contributed by atoms with E-state index in [1.807, 2.05) is 32.0 Å². The van der Waals surface area contributed by atoms with Crippen LogP contribution in [0.4, 0.5) is 0 Å². The molecule has 10 heteroatoms. The Labute approximate surface area is 194 Å². The third-order valence-electron chi connectivity index (χ3n) is 4.80. The molecule has 0 aliphatic carbocycles. The van der Waals surface area contributed by atoms with Gasteiger partial charge >= 0.3 is 5.97 Å². The Morgan fingerprint density at radius 2 is 2.09 bits per heavy atom. The first kappa shape index (κ1) is 22.8. The molecule has 0 radical (unpaired) electrons. The molecule has 2 aromatic heterocycles. The molecule has 33 heavy (non-hydrogen) atoms. The molecule has 1 unspecified atom stereocenters. The molecule has 0 fully saturated rings. The molecule has 9 nitrogen and oxygen atoms in total. The van der Waals surface area contributed by atoms with Crippen molar-refractivity contribution in [2.45, 2.75) is 39.5 Å². The van der Waals surface area contributed by atoms with Gasteiger partial charge in [0.2, 0.25) is 5.82 Å². The first-order valence-corrected chi connectivity index (χ1v) is 10.8. The first-order valence-electron chi connectivity index (χ1n) is 10.5. The van der Waals surface area contributed by atoms with Crippen LogP contribution in [0.1, 0.15) is 20.8 Å². The van der Waals surface area contributed by atoms with Gasteiger partial charge in [-0.25, -0.2) is 4.79 Å². The number of aliphatic hydroxyl groups is 1. The Balaban J connectivity index is 1.61. The average molecular weight is 471 g/mol. The molecule has 0 aliphatic rings. The molecule has 0 aliphatic heterocycles. The fourth-order valence-corrected chi connectivity index (χ4v) is 3.58. The lowest BCUT2D eigenvalue weighted by molar-refractivity contribution is -0.153. The predicted octanol–water partition coefficient (Wildman–Crippen LogP) is 4.12. The minimum absolute atomic E-state index is 0.00293. The average Bonchev–Trinajstić information content (AvgIpc) is 3.43. The van der Waals surface area contributed by atoms with Crippen LogP contribution >= 0.6 is 11.6 Å². The standard InChI is InChI=1S/C23H23ClN4O5/c1-4-31-23(30)19(29)12-28-18-7-5-6-15(16(18)11-25-28)21-26-22(33-27-21)14-8-9-20(17(24)10-14)32-13(2)3/h5-11,13,19,29H,4,12H2,1-3H3. The Morgan fingerprint density at radius 1 is 1.27 bits per heavy atom. The topological polar surface area (TPSA) is 112 Å². The third kappa shape index (κ3) is 4.84. The maximum atomic E-state index is 11.8. The summed E-state index contributed by atoms with van der Waals surface area (Å²) in [5, 5.41) is 19.7. The molecule has 0 amide bonds. The zero-order valence-corrected chi connectivity index (χ0v) is 19.1. The highest BCUT2D eigenvalue weighted by Gasteiger charge is 2.20. The number of aliphatic hydroxyl groups excluding tert-OH is 1. The van der Waals surface area contributed by atoms with Crippen molar-refractivity contribution in [2.24, 2.45) is 0 Å². The summed E-state index contributed by atoms with van der Waals surface area (Å²) in [4.78, 5) is 16.3. The van der Waals surface area contributed by atoms with Crippen LogP contribution in [0.15, 0.2) is 47.1 Å². The normalized spacial score (nSPS) is 12.3. The number of nitrogens with zero attached hydrogens (tertiary/aromatic N) is 4. The van der Waals surface area contributed by atoms with Gasteiger partial charge in [0.05, 0.1) is 36.0 Å². The summed E-state index contributed by atoms with van der Waals surface area (Å²) < 4.78 is 17.5. The third-order valence-corrected chi connectivity index (χ3v) is 5.10. The fraction of sp³-hybridized carbons (Fsp3) is 0.304. The largest absolute Gasteiger partial charge is 0.489 e. The van der Waals surface area contributed by atoms with E-state index >= 15 is 0 Å². The number of hydrogen-bond donors (Lipinski definition) is 1. The monoisotopic (exact) mass is 470 g/mol. The Morgan fingerprint density at radius 3 is 2.82 bits per heavy atom. The summed E-state index contributed by atoms with van der Waals surface area (Å²) in [6, 6.07) is 10.8. The molecule has 0 saturated heterocycles. The number of rotatable bonds is 8. The molecule has 4 aromatic rings. The van der Waals surface area contributed by atoms with Crippen LogP contribution in [0.2, 0.25) is 5.02 Å². The lowest BCUT2D eigenvalue weighted by Crippen LogP contribution is -2.28. The maximum absolute atomic E-state index is 11.8. The molecule has 0 bridgehead atoms. The van der Waals surface area contributed by atoms with Gasteiger partial charge in [-0.15, -0.1) is 0 Å². The molecule has 0 spiro atoms. The van der Waals surface area contributed by atoms with Gasteiger partial charge in [-0.05, 0) is 45.0 Å². The van der Waals surface area contributed by atoms with Gasteiger partial charge in [0.1, 0.15) is 5.75 Å². The summed E-state index contributed by atoms with van der Waals surface area (Å²) in [7, 11) is 0. The highest BCUT2D eigenvalue weighted by molar-refractivity contribution is 6.32. The molecular formula is C23H23ClN4O5. The molecule has 1 N–H and O–H groups in total. The van der Waals surface area contributed by atoms with Crippen molar-refractivity contribution in [1.29, 1.82) is 0 Å². The quantitative estimate of drug-likeness (QED) is 0.383. The van der Waals surface area contributed by atoms with E-state index in [-0.39, 0.29) is 19.3 Å². The number of carbonyl (C=O) groups excluding carboxylic acids is 1. The van der Waals surface area contributed by atoms with Gasteiger partial charge in [0.15, 0.2) is 6.10 Å². The number of esters is 1. The smallest absolute Gasteiger partial charge is 0.336 e. The van der Waals surface area contributed by atoms with E-state index in [0.717, 1.165) is 5.39 Å². The number of carbonyl (C=O) groups is 1. The Bertz CT molecular complexity index is 1280. The second kappa shape index (κ2) is 9.60.